The molecule has 3 rings (SSSR count). The van der Waals surface area contributed by atoms with Gasteiger partial charge in [-0.15, -0.1) is 0 Å². The molecule has 0 aliphatic rings. The van der Waals surface area contributed by atoms with Gasteiger partial charge in [-0.2, -0.15) is 13.2 Å². The molecule has 160 valence electrons. The van der Waals surface area contributed by atoms with E-state index in [1.165, 1.54) is 25.2 Å². The normalized spacial score (nSPS) is 13.8. The van der Waals surface area contributed by atoms with Crippen molar-refractivity contribution in [1.29, 1.82) is 0 Å². The van der Waals surface area contributed by atoms with Crippen molar-refractivity contribution in [3.8, 4) is 11.4 Å². The van der Waals surface area contributed by atoms with Crippen LogP contribution >= 0.6 is 0 Å². The highest BCUT2D eigenvalue weighted by molar-refractivity contribution is 5.91. The molecule has 12 heteroatoms. The second kappa shape index (κ2) is 7.84. The van der Waals surface area contributed by atoms with Crippen molar-refractivity contribution < 1.29 is 22.4 Å². The summed E-state index contributed by atoms with van der Waals surface area (Å²) in [5.41, 5.74) is -0.436. The molecule has 0 aliphatic heterocycles. The van der Waals surface area contributed by atoms with Gasteiger partial charge in [-0.3, -0.25) is 4.79 Å². The predicted octanol–water partition coefficient (Wildman–Crippen LogP) is 2.84. The van der Waals surface area contributed by atoms with Crippen LogP contribution < -0.4 is 10.2 Å². The molecular formula is C18H19F4N7O. The SMILES string of the molecule is CC[C@@](C)(C(=O)NCC(F)(F)F)N(C)c1nc(-c2c[nH]c3ncncc23)ncc1F. The van der Waals surface area contributed by atoms with E-state index in [9.17, 15) is 22.4 Å². The monoisotopic (exact) mass is 425 g/mol. The molecule has 0 aromatic carbocycles. The van der Waals surface area contributed by atoms with Crippen LogP contribution in [-0.2, 0) is 4.79 Å². The zero-order chi connectivity index (χ0) is 22.1. The van der Waals surface area contributed by atoms with Gasteiger partial charge in [0.2, 0.25) is 5.91 Å². The number of fused-ring (bicyclic) bond motifs is 1. The number of anilines is 1. The zero-order valence-electron chi connectivity index (χ0n) is 16.4. The number of nitrogens with one attached hydrogen (secondary N) is 2. The Hall–Kier alpha value is -3.31. The maximum absolute atomic E-state index is 14.6. The fourth-order valence-electron chi connectivity index (χ4n) is 2.92. The molecule has 0 radical (unpaired) electrons. The summed E-state index contributed by atoms with van der Waals surface area (Å²) in [5.74, 6) is -1.79. The Bertz CT molecular complexity index is 1070. The number of hydrogen-bond acceptors (Lipinski definition) is 6. The maximum Gasteiger partial charge on any atom is 0.405 e. The van der Waals surface area contributed by atoms with Crippen molar-refractivity contribution in [3.05, 3.63) is 30.7 Å². The van der Waals surface area contributed by atoms with E-state index in [1.54, 1.807) is 19.3 Å². The molecule has 0 fully saturated rings. The van der Waals surface area contributed by atoms with Gasteiger partial charge >= 0.3 is 6.18 Å². The molecule has 3 heterocycles. The maximum atomic E-state index is 14.6. The first-order chi connectivity index (χ1) is 14.1. The smallest absolute Gasteiger partial charge is 0.345 e. The number of alkyl halides is 3. The van der Waals surface area contributed by atoms with E-state index in [0.717, 1.165) is 6.20 Å². The van der Waals surface area contributed by atoms with Crippen LogP contribution in [0.3, 0.4) is 0 Å². The summed E-state index contributed by atoms with van der Waals surface area (Å²) in [7, 11) is 1.39. The van der Waals surface area contributed by atoms with Crippen molar-refractivity contribution >= 4 is 22.8 Å². The standard InChI is InChI=1S/C18H19F4N7O/c1-4-17(2,16(30)26-8-18(20,21)22)29(3)15-12(19)7-25-14(28-15)11-6-24-13-10(11)5-23-9-27-13/h5-7,9H,4,8H2,1-3H3,(H,26,30)(H,23,24,27)/t17-/m0/s1. The summed E-state index contributed by atoms with van der Waals surface area (Å²) in [6.45, 7) is 1.54. The van der Waals surface area contributed by atoms with Crippen molar-refractivity contribution in [2.24, 2.45) is 0 Å². The number of rotatable bonds is 6. The molecule has 30 heavy (non-hydrogen) atoms. The molecule has 1 amide bonds. The number of amides is 1. The van der Waals surface area contributed by atoms with Gasteiger partial charge in [-0.25, -0.2) is 24.3 Å². The Morgan fingerprint density at radius 1 is 1.27 bits per heavy atom. The van der Waals surface area contributed by atoms with E-state index in [0.29, 0.717) is 16.6 Å². The summed E-state index contributed by atoms with van der Waals surface area (Å²) in [4.78, 5) is 32.9. The van der Waals surface area contributed by atoms with Crippen LogP contribution in [0.5, 0.6) is 0 Å². The minimum absolute atomic E-state index is 0.104. The van der Waals surface area contributed by atoms with Crippen molar-refractivity contribution in [1.82, 2.24) is 30.2 Å². The van der Waals surface area contributed by atoms with Crippen LogP contribution in [0, 0.1) is 5.82 Å². The highest BCUT2D eigenvalue weighted by atomic mass is 19.4. The highest BCUT2D eigenvalue weighted by Gasteiger charge is 2.40. The van der Waals surface area contributed by atoms with Gasteiger partial charge in [-0.1, -0.05) is 6.92 Å². The predicted molar refractivity (Wildman–Crippen MR) is 101 cm³/mol. The molecular weight excluding hydrogens is 406 g/mol. The van der Waals surface area contributed by atoms with Crippen molar-refractivity contribution in [3.63, 3.8) is 0 Å². The lowest BCUT2D eigenvalue weighted by atomic mass is 9.95. The fraction of sp³-hybridized carbons (Fsp3) is 0.389. The quantitative estimate of drug-likeness (QED) is 0.590. The van der Waals surface area contributed by atoms with E-state index < -0.39 is 30.0 Å². The summed E-state index contributed by atoms with van der Waals surface area (Å²) in [5, 5.41) is 2.47. The molecule has 0 saturated carbocycles. The van der Waals surface area contributed by atoms with E-state index >= 15 is 0 Å². The molecule has 0 aliphatic carbocycles. The summed E-state index contributed by atoms with van der Waals surface area (Å²) in [6, 6.07) is 0. The van der Waals surface area contributed by atoms with Gasteiger partial charge in [0.05, 0.1) is 6.20 Å². The molecule has 3 aromatic heterocycles. The number of H-pyrrole nitrogens is 1. The minimum Gasteiger partial charge on any atom is -0.345 e. The second-order valence-electron chi connectivity index (χ2n) is 6.84. The molecule has 0 spiro atoms. The Kier molecular flexibility index (Phi) is 5.59. The molecule has 2 N–H and O–H groups in total. The highest BCUT2D eigenvalue weighted by Crippen LogP contribution is 2.30. The molecule has 0 bridgehead atoms. The Morgan fingerprint density at radius 2 is 2.00 bits per heavy atom. The lowest BCUT2D eigenvalue weighted by molar-refractivity contribution is -0.141. The van der Waals surface area contributed by atoms with Crippen LogP contribution in [0.2, 0.25) is 0 Å². The third-order valence-corrected chi connectivity index (χ3v) is 5.01. The number of halogens is 4. The first-order valence-corrected chi connectivity index (χ1v) is 8.95. The molecule has 3 aromatic rings. The Balaban J connectivity index is 1.97. The average molecular weight is 425 g/mol. The van der Waals surface area contributed by atoms with Crippen molar-refractivity contribution in [2.45, 2.75) is 32.0 Å². The van der Waals surface area contributed by atoms with E-state index in [1.807, 2.05) is 5.32 Å². The summed E-state index contributed by atoms with van der Waals surface area (Å²) >= 11 is 0. The number of nitrogens with zero attached hydrogens (tertiary/aromatic N) is 5. The molecule has 0 saturated heterocycles. The van der Waals surface area contributed by atoms with Crippen LogP contribution in [0.1, 0.15) is 20.3 Å². The molecule has 1 atom stereocenters. The van der Waals surface area contributed by atoms with Crippen molar-refractivity contribution in [2.75, 3.05) is 18.5 Å². The van der Waals surface area contributed by atoms with Gasteiger partial charge in [-0.05, 0) is 13.3 Å². The number of carbonyl (C=O) groups excluding carboxylic acids is 1. The van der Waals surface area contributed by atoms with Gasteiger partial charge < -0.3 is 15.2 Å². The largest absolute Gasteiger partial charge is 0.405 e. The lowest BCUT2D eigenvalue weighted by Crippen LogP contribution is -2.57. The van der Waals surface area contributed by atoms with Crippen LogP contribution in [-0.4, -0.2) is 56.1 Å². The topological polar surface area (TPSA) is 99.7 Å². The Labute approximate surface area is 168 Å². The van der Waals surface area contributed by atoms with E-state index in [2.05, 4.69) is 24.9 Å². The molecule has 0 unspecified atom stereocenters. The first-order valence-electron chi connectivity index (χ1n) is 8.95. The van der Waals surface area contributed by atoms with Crippen LogP contribution in [0.15, 0.2) is 24.9 Å². The van der Waals surface area contributed by atoms with Gasteiger partial charge in [0.15, 0.2) is 17.5 Å². The van der Waals surface area contributed by atoms with Gasteiger partial charge in [0.1, 0.15) is 24.1 Å². The Morgan fingerprint density at radius 3 is 2.67 bits per heavy atom. The minimum atomic E-state index is -4.56. The first kappa shape index (κ1) is 21.4. The van der Waals surface area contributed by atoms with Crippen LogP contribution in [0.25, 0.3) is 22.4 Å². The van der Waals surface area contributed by atoms with E-state index in [-0.39, 0.29) is 18.1 Å². The zero-order valence-corrected chi connectivity index (χ0v) is 16.4. The third-order valence-electron chi connectivity index (χ3n) is 5.01. The number of carbonyl (C=O) groups is 1. The molecule has 8 nitrogen and oxygen atoms in total. The average Bonchev–Trinajstić information content (AvgIpc) is 3.15. The van der Waals surface area contributed by atoms with Gasteiger partial charge in [0.25, 0.3) is 0 Å². The number of hydrogen-bond donors (Lipinski definition) is 2. The summed E-state index contributed by atoms with van der Waals surface area (Å²) < 4.78 is 52.1. The fourth-order valence-corrected chi connectivity index (χ4v) is 2.92. The lowest BCUT2D eigenvalue weighted by Gasteiger charge is -2.37. The second-order valence-corrected chi connectivity index (χ2v) is 6.84. The number of aromatic amines is 1. The summed E-state index contributed by atoms with van der Waals surface area (Å²) in [6.07, 6.45) is 0.983. The number of aromatic nitrogens is 5. The number of likely N-dealkylation sites (N-methyl/N-ethyl adjacent to an activating group) is 1. The van der Waals surface area contributed by atoms with Gasteiger partial charge in [0, 0.05) is 30.4 Å². The van der Waals surface area contributed by atoms with Crippen LogP contribution in [0.4, 0.5) is 23.4 Å². The third kappa shape index (κ3) is 4.02. The van der Waals surface area contributed by atoms with E-state index in [4.69, 9.17) is 0 Å².